The summed E-state index contributed by atoms with van der Waals surface area (Å²) in [7, 11) is 0. The summed E-state index contributed by atoms with van der Waals surface area (Å²) in [5.41, 5.74) is 2.42. The maximum Gasteiger partial charge on any atom is 0.334 e. The van der Waals surface area contributed by atoms with Gasteiger partial charge in [0, 0.05) is 12.1 Å². The summed E-state index contributed by atoms with van der Waals surface area (Å²) in [5.74, 6) is -2.12. The van der Waals surface area contributed by atoms with Crippen LogP contribution in [0.2, 0.25) is 0 Å². The van der Waals surface area contributed by atoms with Gasteiger partial charge in [-0.25, -0.2) is 9.69 Å². The Morgan fingerprint density at radius 1 is 1.00 bits per heavy atom. The van der Waals surface area contributed by atoms with Crippen LogP contribution in [-0.4, -0.2) is 46.5 Å². The fourth-order valence-electron chi connectivity index (χ4n) is 2.37. The molecule has 0 aromatic heterocycles. The van der Waals surface area contributed by atoms with Crippen molar-refractivity contribution in [3.8, 4) is 0 Å². The van der Waals surface area contributed by atoms with E-state index in [1.54, 1.807) is 12.1 Å². The van der Waals surface area contributed by atoms with Gasteiger partial charge >= 0.3 is 17.8 Å². The molecule has 0 unspecified atom stereocenters. The molecule has 0 spiro atoms. The topological polar surface area (TPSA) is 74.8 Å². The Labute approximate surface area is 135 Å². The van der Waals surface area contributed by atoms with Crippen LogP contribution in [-0.2, 0) is 9.59 Å². The Morgan fingerprint density at radius 3 is 2.17 bits per heavy atom. The number of urea groups is 1. The first kappa shape index (κ1) is 16.9. The fraction of sp³-hybridized carbons (Fsp3) is 0.412. The highest BCUT2D eigenvalue weighted by atomic mass is 16.2. The van der Waals surface area contributed by atoms with Crippen molar-refractivity contribution in [2.45, 2.75) is 27.7 Å². The second-order valence-corrected chi connectivity index (χ2v) is 6.21. The van der Waals surface area contributed by atoms with E-state index in [2.05, 4.69) is 0 Å². The maximum absolute atomic E-state index is 12.3. The third-order valence-electron chi connectivity index (χ3n) is 3.81. The minimum absolute atomic E-state index is 0.0473. The van der Waals surface area contributed by atoms with Gasteiger partial charge in [0.2, 0.25) is 0 Å². The predicted molar refractivity (Wildman–Crippen MR) is 83.9 cm³/mol. The van der Waals surface area contributed by atoms with E-state index in [9.17, 15) is 19.2 Å². The second kappa shape index (κ2) is 6.32. The van der Waals surface area contributed by atoms with Crippen molar-refractivity contribution in [3.05, 3.63) is 34.9 Å². The van der Waals surface area contributed by atoms with Crippen molar-refractivity contribution in [2.24, 2.45) is 5.92 Å². The van der Waals surface area contributed by atoms with Crippen LogP contribution in [0.5, 0.6) is 0 Å². The molecule has 1 aromatic carbocycles. The zero-order chi connectivity index (χ0) is 17.3. The minimum atomic E-state index is -0.937. The lowest BCUT2D eigenvalue weighted by Gasteiger charge is -2.16. The van der Waals surface area contributed by atoms with Gasteiger partial charge in [-0.2, -0.15) is 0 Å². The molecule has 1 aliphatic heterocycles. The van der Waals surface area contributed by atoms with E-state index < -0.39 is 24.4 Å². The highest BCUT2D eigenvalue weighted by Crippen LogP contribution is 2.16. The van der Waals surface area contributed by atoms with Gasteiger partial charge in [-0.1, -0.05) is 26.0 Å². The zero-order valence-corrected chi connectivity index (χ0v) is 13.8. The first-order valence-electron chi connectivity index (χ1n) is 7.50. The number of carbonyl (C=O) groups is 4. The molecule has 0 aliphatic carbocycles. The second-order valence-electron chi connectivity index (χ2n) is 6.21. The Balaban J connectivity index is 2.17. The van der Waals surface area contributed by atoms with Crippen LogP contribution >= 0.6 is 0 Å². The van der Waals surface area contributed by atoms with Crippen LogP contribution in [0.3, 0.4) is 0 Å². The summed E-state index contributed by atoms with van der Waals surface area (Å²) in [4.78, 5) is 50.0. The number of hydrogen-bond acceptors (Lipinski definition) is 4. The van der Waals surface area contributed by atoms with Gasteiger partial charge in [0.05, 0.1) is 6.54 Å². The summed E-state index contributed by atoms with van der Waals surface area (Å²) in [6.45, 7) is 7.24. The number of benzene rings is 1. The summed E-state index contributed by atoms with van der Waals surface area (Å²) in [6, 6.07) is 4.47. The standard InChI is InChI=1S/C17H20N2O4/c1-10(2)8-18-15(21)16(22)19(17(18)23)9-14(20)13-6-5-11(3)12(4)7-13/h5-7,10H,8-9H2,1-4H3. The Bertz CT molecular complexity index is 694. The lowest BCUT2D eigenvalue weighted by atomic mass is 10.0. The SMILES string of the molecule is Cc1ccc(C(=O)CN2C(=O)C(=O)N(CC(C)C)C2=O)cc1C. The molecule has 1 aromatic rings. The van der Waals surface area contributed by atoms with Crippen LogP contribution in [0.15, 0.2) is 18.2 Å². The number of Topliss-reactive ketones (excluding diaryl/α,β-unsaturated/α-hetero) is 1. The predicted octanol–water partition coefficient (Wildman–Crippen LogP) is 1.93. The quantitative estimate of drug-likeness (QED) is 0.472. The van der Waals surface area contributed by atoms with Gasteiger partial charge in [-0.3, -0.25) is 19.3 Å². The number of amides is 4. The van der Waals surface area contributed by atoms with E-state index >= 15 is 0 Å². The van der Waals surface area contributed by atoms with Crippen molar-refractivity contribution < 1.29 is 19.2 Å². The number of ketones is 1. The van der Waals surface area contributed by atoms with E-state index in [-0.39, 0.29) is 18.2 Å². The Hall–Kier alpha value is -2.50. The van der Waals surface area contributed by atoms with E-state index in [0.717, 1.165) is 20.9 Å². The average molecular weight is 316 g/mol. The van der Waals surface area contributed by atoms with Crippen LogP contribution < -0.4 is 0 Å². The summed E-state index contributed by atoms with van der Waals surface area (Å²) >= 11 is 0. The summed E-state index contributed by atoms with van der Waals surface area (Å²) in [5, 5.41) is 0. The molecular formula is C17H20N2O4. The zero-order valence-electron chi connectivity index (χ0n) is 13.8. The molecule has 6 heteroatoms. The van der Waals surface area contributed by atoms with Crippen LogP contribution in [0.25, 0.3) is 0 Å². The molecule has 1 fully saturated rings. The van der Waals surface area contributed by atoms with E-state index in [1.165, 1.54) is 0 Å². The Morgan fingerprint density at radius 2 is 1.61 bits per heavy atom. The summed E-state index contributed by atoms with van der Waals surface area (Å²) in [6.07, 6.45) is 0. The molecular weight excluding hydrogens is 296 g/mol. The van der Waals surface area contributed by atoms with Crippen molar-refractivity contribution >= 4 is 23.6 Å². The highest BCUT2D eigenvalue weighted by molar-refractivity contribution is 6.45. The minimum Gasteiger partial charge on any atom is -0.292 e. The fourth-order valence-corrected chi connectivity index (χ4v) is 2.37. The molecule has 6 nitrogen and oxygen atoms in total. The van der Waals surface area contributed by atoms with Crippen molar-refractivity contribution in [3.63, 3.8) is 0 Å². The van der Waals surface area contributed by atoms with Crippen molar-refractivity contribution in [1.29, 1.82) is 0 Å². The third kappa shape index (κ3) is 3.31. The van der Waals surface area contributed by atoms with Gasteiger partial charge in [0.25, 0.3) is 0 Å². The van der Waals surface area contributed by atoms with Gasteiger partial charge in [-0.15, -0.1) is 0 Å². The Kier molecular flexibility index (Phi) is 4.63. The molecule has 1 aliphatic rings. The molecule has 0 bridgehead atoms. The number of rotatable bonds is 5. The van der Waals surface area contributed by atoms with Gasteiger partial charge in [0.1, 0.15) is 0 Å². The lowest BCUT2D eigenvalue weighted by Crippen LogP contribution is -2.38. The summed E-state index contributed by atoms with van der Waals surface area (Å²) < 4.78 is 0. The molecule has 4 amide bonds. The van der Waals surface area contributed by atoms with Gasteiger partial charge < -0.3 is 0 Å². The van der Waals surface area contributed by atoms with E-state index in [4.69, 9.17) is 0 Å². The first-order chi connectivity index (χ1) is 10.7. The van der Waals surface area contributed by atoms with E-state index in [1.807, 2.05) is 33.8 Å². The number of imide groups is 2. The molecule has 0 saturated carbocycles. The smallest absolute Gasteiger partial charge is 0.292 e. The molecule has 1 saturated heterocycles. The maximum atomic E-state index is 12.3. The molecule has 2 rings (SSSR count). The van der Waals surface area contributed by atoms with Crippen molar-refractivity contribution in [2.75, 3.05) is 13.1 Å². The van der Waals surface area contributed by atoms with Crippen LogP contribution in [0.1, 0.15) is 35.3 Å². The van der Waals surface area contributed by atoms with E-state index in [0.29, 0.717) is 5.56 Å². The van der Waals surface area contributed by atoms with Crippen LogP contribution in [0.4, 0.5) is 4.79 Å². The third-order valence-corrected chi connectivity index (χ3v) is 3.81. The molecule has 122 valence electrons. The number of hydrogen-bond donors (Lipinski definition) is 0. The highest BCUT2D eigenvalue weighted by Gasteiger charge is 2.45. The number of carbonyl (C=O) groups excluding carboxylic acids is 4. The molecule has 23 heavy (non-hydrogen) atoms. The van der Waals surface area contributed by atoms with Gasteiger partial charge in [0.15, 0.2) is 5.78 Å². The molecule has 1 heterocycles. The largest absolute Gasteiger partial charge is 0.334 e. The average Bonchev–Trinajstić information content (AvgIpc) is 2.67. The molecule has 0 N–H and O–H groups in total. The lowest BCUT2D eigenvalue weighted by molar-refractivity contribution is -0.143. The number of aryl methyl sites for hydroxylation is 2. The monoisotopic (exact) mass is 316 g/mol. The first-order valence-corrected chi connectivity index (χ1v) is 7.50. The normalized spacial score (nSPS) is 15.1. The molecule has 0 atom stereocenters. The van der Waals surface area contributed by atoms with Crippen LogP contribution in [0, 0.1) is 19.8 Å². The molecule has 0 radical (unpaired) electrons. The van der Waals surface area contributed by atoms with Crippen molar-refractivity contribution in [1.82, 2.24) is 9.80 Å². The van der Waals surface area contributed by atoms with Gasteiger partial charge in [-0.05, 0) is 37.0 Å². The number of nitrogens with zero attached hydrogens (tertiary/aromatic N) is 2.